The van der Waals surface area contributed by atoms with Gasteiger partial charge in [0.2, 0.25) is 4.87 Å². The molecule has 1 aromatic rings. The number of rotatable bonds is 4. The number of hydrogen-bond acceptors (Lipinski definition) is 5. The zero-order valence-corrected chi connectivity index (χ0v) is 15.2. The Balaban J connectivity index is 2.21. The number of alkyl halides is 2. The molecule has 3 rings (SSSR count). The van der Waals surface area contributed by atoms with Crippen LogP contribution < -0.4 is 4.90 Å². The van der Waals surface area contributed by atoms with Crippen LogP contribution in [-0.2, 0) is 9.84 Å². The van der Waals surface area contributed by atoms with Gasteiger partial charge in [0, 0.05) is 31.5 Å². The molecule has 26 heavy (non-hydrogen) atoms. The number of nitrogens with zero attached hydrogens (tertiary/aromatic N) is 3. The first-order valence-corrected chi connectivity index (χ1v) is 9.93. The number of para-hydroxylation sites is 1. The minimum absolute atomic E-state index is 0.152. The van der Waals surface area contributed by atoms with E-state index >= 15 is 0 Å². The molecule has 2 heterocycles. The quantitative estimate of drug-likeness (QED) is 0.807. The molecule has 0 fully saturated rings. The molecule has 0 aromatic heterocycles. The predicted octanol–water partition coefficient (Wildman–Crippen LogP) is 3.22. The Morgan fingerprint density at radius 3 is 2.50 bits per heavy atom. The highest BCUT2D eigenvalue weighted by molar-refractivity contribution is 7.92. The van der Waals surface area contributed by atoms with Crippen LogP contribution in [0.4, 0.5) is 14.5 Å². The Bertz CT molecular complexity index is 916. The standard InChI is InChI=1S/C18H19F2N3O2S/c1-17(19,20)18(26(2,24)25)13-23(14-9-5-3-6-10-14)16(22-18)15-11-7-4-8-12-21-15/h3-10,12H,11,13H2,1-2H3. The van der Waals surface area contributed by atoms with E-state index in [4.69, 9.17) is 0 Å². The van der Waals surface area contributed by atoms with Crippen molar-refractivity contribution < 1.29 is 17.2 Å². The van der Waals surface area contributed by atoms with Gasteiger partial charge < -0.3 is 4.90 Å². The lowest BCUT2D eigenvalue weighted by atomic mass is 10.1. The van der Waals surface area contributed by atoms with Crippen molar-refractivity contribution in [1.29, 1.82) is 0 Å². The van der Waals surface area contributed by atoms with Gasteiger partial charge in [0.1, 0.15) is 0 Å². The minimum atomic E-state index is -4.21. The largest absolute Gasteiger partial charge is 0.321 e. The lowest BCUT2D eigenvalue weighted by Gasteiger charge is -2.31. The van der Waals surface area contributed by atoms with Crippen LogP contribution in [0, 0.1) is 0 Å². The van der Waals surface area contributed by atoms with Gasteiger partial charge in [-0.25, -0.2) is 22.2 Å². The highest BCUT2D eigenvalue weighted by Gasteiger charge is 2.62. The number of halogens is 2. The molecule has 2 aliphatic heterocycles. The molecule has 8 heteroatoms. The number of benzene rings is 1. The molecule has 138 valence electrons. The summed E-state index contributed by atoms with van der Waals surface area (Å²) in [5, 5.41) is 0. The van der Waals surface area contributed by atoms with Crippen LogP contribution in [0.5, 0.6) is 0 Å². The fraction of sp³-hybridized carbons (Fsp3) is 0.333. The Morgan fingerprint density at radius 2 is 1.88 bits per heavy atom. The molecule has 5 nitrogen and oxygen atoms in total. The third-order valence-electron chi connectivity index (χ3n) is 4.41. The van der Waals surface area contributed by atoms with Crippen molar-refractivity contribution in [3.63, 3.8) is 0 Å². The zero-order chi connectivity index (χ0) is 19.0. The molecule has 0 saturated heterocycles. The van der Waals surface area contributed by atoms with Crippen LogP contribution in [0.3, 0.4) is 0 Å². The van der Waals surface area contributed by atoms with Crippen LogP contribution in [0.1, 0.15) is 13.3 Å². The van der Waals surface area contributed by atoms with Crippen molar-refractivity contribution in [3.05, 3.63) is 54.8 Å². The van der Waals surface area contributed by atoms with Gasteiger partial charge in [-0.3, -0.25) is 4.99 Å². The third kappa shape index (κ3) is 3.09. The number of aliphatic imine (C=N–C) groups is 2. The number of sulfone groups is 1. The van der Waals surface area contributed by atoms with E-state index < -0.39 is 27.2 Å². The highest BCUT2D eigenvalue weighted by atomic mass is 32.2. The topological polar surface area (TPSA) is 62.1 Å². The van der Waals surface area contributed by atoms with Gasteiger partial charge in [0.25, 0.3) is 5.92 Å². The maximum atomic E-state index is 14.5. The fourth-order valence-electron chi connectivity index (χ4n) is 3.00. The second kappa shape index (κ2) is 6.42. The molecular formula is C18H19F2N3O2S. The van der Waals surface area contributed by atoms with Gasteiger partial charge >= 0.3 is 0 Å². The summed E-state index contributed by atoms with van der Waals surface area (Å²) in [6.45, 7) is 0.125. The summed E-state index contributed by atoms with van der Waals surface area (Å²) < 4.78 is 53.8. The van der Waals surface area contributed by atoms with Gasteiger partial charge in [0.15, 0.2) is 15.7 Å². The van der Waals surface area contributed by atoms with Crippen molar-refractivity contribution in [2.24, 2.45) is 9.98 Å². The molecule has 0 N–H and O–H groups in total. The van der Waals surface area contributed by atoms with E-state index in [-0.39, 0.29) is 5.84 Å². The molecule has 2 aliphatic rings. The monoisotopic (exact) mass is 379 g/mol. The first-order chi connectivity index (χ1) is 12.2. The summed E-state index contributed by atoms with van der Waals surface area (Å²) in [5.74, 6) is -3.41. The first kappa shape index (κ1) is 18.4. The molecule has 1 unspecified atom stereocenters. The first-order valence-electron chi connectivity index (χ1n) is 8.04. The molecule has 0 radical (unpaired) electrons. The van der Waals surface area contributed by atoms with Gasteiger partial charge in [-0.05, 0) is 18.2 Å². The average Bonchev–Trinajstić information content (AvgIpc) is 2.81. The van der Waals surface area contributed by atoms with Gasteiger partial charge in [-0.15, -0.1) is 0 Å². The van der Waals surface area contributed by atoms with E-state index in [1.165, 1.54) is 11.1 Å². The second-order valence-electron chi connectivity index (χ2n) is 6.35. The van der Waals surface area contributed by atoms with Crippen molar-refractivity contribution >= 4 is 27.1 Å². The van der Waals surface area contributed by atoms with Crippen molar-refractivity contribution in [2.45, 2.75) is 24.1 Å². The van der Waals surface area contributed by atoms with Crippen LogP contribution in [0.25, 0.3) is 0 Å². The highest BCUT2D eigenvalue weighted by Crippen LogP contribution is 2.42. The second-order valence-corrected chi connectivity index (χ2v) is 8.57. The van der Waals surface area contributed by atoms with E-state index in [0.29, 0.717) is 24.7 Å². The predicted molar refractivity (Wildman–Crippen MR) is 99.8 cm³/mol. The Labute approximate surface area is 151 Å². The molecule has 0 saturated carbocycles. The number of hydrogen-bond donors (Lipinski definition) is 0. The Kier molecular flexibility index (Phi) is 4.56. The Morgan fingerprint density at radius 1 is 1.19 bits per heavy atom. The van der Waals surface area contributed by atoms with Crippen molar-refractivity contribution in [1.82, 2.24) is 0 Å². The van der Waals surface area contributed by atoms with Crippen molar-refractivity contribution in [3.8, 4) is 0 Å². The SMILES string of the molecule is CC(F)(F)C1(S(C)(=O)=O)CN(c2ccccc2)C(C2=NC=CC=CC2)=N1. The summed E-state index contributed by atoms with van der Waals surface area (Å²) in [5.41, 5.74) is 1.02. The normalized spacial score (nSPS) is 23.6. The molecule has 1 atom stereocenters. The van der Waals surface area contributed by atoms with Crippen molar-refractivity contribution in [2.75, 3.05) is 17.7 Å². The summed E-state index contributed by atoms with van der Waals surface area (Å²) in [7, 11) is -4.21. The number of allylic oxidation sites excluding steroid dienone is 3. The molecule has 0 bridgehead atoms. The van der Waals surface area contributed by atoms with E-state index in [0.717, 1.165) is 6.26 Å². The van der Waals surface area contributed by atoms with E-state index in [1.807, 2.05) is 6.08 Å². The third-order valence-corrected chi connectivity index (χ3v) is 6.22. The van der Waals surface area contributed by atoms with Crippen LogP contribution >= 0.6 is 0 Å². The minimum Gasteiger partial charge on any atom is -0.321 e. The molecule has 1 aromatic carbocycles. The molecule has 0 spiro atoms. The maximum absolute atomic E-state index is 14.5. The van der Waals surface area contributed by atoms with E-state index in [9.17, 15) is 17.2 Å². The lowest BCUT2D eigenvalue weighted by molar-refractivity contribution is -0.0156. The van der Waals surface area contributed by atoms with Gasteiger partial charge in [0.05, 0.1) is 12.3 Å². The summed E-state index contributed by atoms with van der Waals surface area (Å²) >= 11 is 0. The van der Waals surface area contributed by atoms with Crippen LogP contribution in [0.2, 0.25) is 0 Å². The van der Waals surface area contributed by atoms with E-state index in [2.05, 4.69) is 9.98 Å². The zero-order valence-electron chi connectivity index (χ0n) is 14.4. The van der Waals surface area contributed by atoms with Crippen LogP contribution in [0.15, 0.2) is 64.7 Å². The molecule has 0 aliphatic carbocycles. The number of amidine groups is 1. The van der Waals surface area contributed by atoms with E-state index in [1.54, 1.807) is 42.5 Å². The van der Waals surface area contributed by atoms with Crippen LogP contribution in [-0.4, -0.2) is 43.6 Å². The fourth-order valence-corrected chi connectivity index (χ4v) is 4.27. The smallest absolute Gasteiger partial charge is 0.286 e. The molecular weight excluding hydrogens is 360 g/mol. The molecule has 0 amide bonds. The average molecular weight is 379 g/mol. The maximum Gasteiger partial charge on any atom is 0.286 e. The van der Waals surface area contributed by atoms with Gasteiger partial charge in [-0.1, -0.05) is 30.4 Å². The Hall–Kier alpha value is -2.35. The van der Waals surface area contributed by atoms with Gasteiger partial charge in [-0.2, -0.15) is 0 Å². The number of anilines is 1. The summed E-state index contributed by atoms with van der Waals surface area (Å²) in [4.78, 5) is 7.31. The summed E-state index contributed by atoms with van der Waals surface area (Å²) in [6.07, 6.45) is 8.03. The lowest BCUT2D eigenvalue weighted by Crippen LogP contribution is -2.54. The summed E-state index contributed by atoms with van der Waals surface area (Å²) in [6, 6.07) is 8.76.